The highest BCUT2D eigenvalue weighted by molar-refractivity contribution is 7.89. The number of hydrogen-bond donors (Lipinski definition) is 1. The van der Waals surface area contributed by atoms with Crippen molar-refractivity contribution in [3.8, 4) is 5.75 Å². The highest BCUT2D eigenvalue weighted by Gasteiger charge is 2.33. The molecule has 1 heterocycles. The van der Waals surface area contributed by atoms with E-state index in [9.17, 15) is 16.8 Å². The van der Waals surface area contributed by atoms with Crippen LogP contribution in [0.15, 0.2) is 58.3 Å². The van der Waals surface area contributed by atoms with E-state index < -0.39 is 20.0 Å². The second-order valence-electron chi connectivity index (χ2n) is 7.42. The molecule has 1 atom stereocenters. The zero-order valence-corrected chi connectivity index (χ0v) is 18.9. The number of aryl methyl sites for hydroxylation is 1. The number of hydrogen-bond acceptors (Lipinski definition) is 5. The SMILES string of the molecule is COc1ccccc1S(=O)(=O)NCCC1CCCCN1S(=O)(=O)c1ccc(C)cc1. The Hall–Kier alpha value is -1.94. The molecule has 9 heteroatoms. The lowest BCUT2D eigenvalue weighted by Gasteiger charge is -2.34. The summed E-state index contributed by atoms with van der Waals surface area (Å²) < 4.78 is 60.9. The molecule has 0 aliphatic carbocycles. The molecule has 0 amide bonds. The molecule has 0 radical (unpaired) electrons. The molecule has 0 spiro atoms. The van der Waals surface area contributed by atoms with Gasteiger partial charge in [-0.3, -0.25) is 0 Å². The van der Waals surface area contributed by atoms with Crippen molar-refractivity contribution < 1.29 is 21.6 Å². The van der Waals surface area contributed by atoms with Gasteiger partial charge in [-0.1, -0.05) is 36.2 Å². The molecule has 1 saturated heterocycles. The lowest BCUT2D eigenvalue weighted by atomic mass is 10.0. The first-order valence-electron chi connectivity index (χ1n) is 9.97. The second-order valence-corrected chi connectivity index (χ2v) is 11.0. The lowest BCUT2D eigenvalue weighted by Crippen LogP contribution is -2.45. The van der Waals surface area contributed by atoms with Gasteiger partial charge < -0.3 is 4.74 Å². The van der Waals surface area contributed by atoms with Crippen LogP contribution < -0.4 is 9.46 Å². The van der Waals surface area contributed by atoms with Crippen LogP contribution >= 0.6 is 0 Å². The maximum absolute atomic E-state index is 13.1. The van der Waals surface area contributed by atoms with Gasteiger partial charge in [0.25, 0.3) is 0 Å². The maximum Gasteiger partial charge on any atom is 0.244 e. The van der Waals surface area contributed by atoms with Gasteiger partial charge in [-0.15, -0.1) is 0 Å². The molecule has 0 aromatic heterocycles. The minimum atomic E-state index is -3.76. The van der Waals surface area contributed by atoms with Crippen molar-refractivity contribution in [2.45, 2.75) is 48.4 Å². The Bertz CT molecular complexity index is 1070. The summed E-state index contributed by atoms with van der Waals surface area (Å²) in [6.07, 6.45) is 2.83. The van der Waals surface area contributed by atoms with Gasteiger partial charge in [-0.2, -0.15) is 4.31 Å². The summed E-state index contributed by atoms with van der Waals surface area (Å²) in [4.78, 5) is 0.342. The van der Waals surface area contributed by atoms with Gasteiger partial charge in [0, 0.05) is 19.1 Å². The number of sulfonamides is 2. The summed E-state index contributed by atoms with van der Waals surface area (Å²) in [6, 6.07) is 13.0. The van der Waals surface area contributed by atoms with Crippen LogP contribution in [0.3, 0.4) is 0 Å². The fourth-order valence-corrected chi connectivity index (χ4v) is 6.64. The second kappa shape index (κ2) is 9.47. The van der Waals surface area contributed by atoms with Crippen molar-refractivity contribution in [2.24, 2.45) is 0 Å². The smallest absolute Gasteiger partial charge is 0.244 e. The molecule has 1 fully saturated rings. The molecule has 0 bridgehead atoms. The number of methoxy groups -OCH3 is 1. The predicted molar refractivity (Wildman–Crippen MR) is 116 cm³/mol. The van der Waals surface area contributed by atoms with E-state index in [0.717, 1.165) is 18.4 Å². The van der Waals surface area contributed by atoms with E-state index in [0.29, 0.717) is 19.4 Å². The van der Waals surface area contributed by atoms with Crippen LogP contribution in [0.4, 0.5) is 0 Å². The number of para-hydroxylation sites is 1. The van der Waals surface area contributed by atoms with E-state index in [-0.39, 0.29) is 28.1 Å². The monoisotopic (exact) mass is 452 g/mol. The summed E-state index contributed by atoms with van der Waals surface area (Å²) in [6.45, 7) is 2.50. The minimum absolute atomic E-state index is 0.0697. The van der Waals surface area contributed by atoms with Gasteiger partial charge in [0.1, 0.15) is 10.6 Å². The first-order valence-corrected chi connectivity index (χ1v) is 12.9. The highest BCUT2D eigenvalue weighted by Crippen LogP contribution is 2.28. The Balaban J connectivity index is 1.71. The molecule has 7 nitrogen and oxygen atoms in total. The molecule has 0 saturated carbocycles. The van der Waals surface area contributed by atoms with Crippen LogP contribution in [0, 0.1) is 6.92 Å². The van der Waals surface area contributed by atoms with Crippen molar-refractivity contribution in [1.82, 2.24) is 9.03 Å². The molecule has 164 valence electrons. The van der Waals surface area contributed by atoms with Crippen molar-refractivity contribution in [1.29, 1.82) is 0 Å². The number of nitrogens with zero attached hydrogens (tertiary/aromatic N) is 1. The van der Waals surface area contributed by atoms with Gasteiger partial charge >= 0.3 is 0 Å². The van der Waals surface area contributed by atoms with Crippen molar-refractivity contribution in [3.05, 3.63) is 54.1 Å². The average Bonchev–Trinajstić information content (AvgIpc) is 2.74. The molecule has 2 aromatic carbocycles. The topological polar surface area (TPSA) is 92.8 Å². The van der Waals surface area contributed by atoms with E-state index >= 15 is 0 Å². The summed E-state index contributed by atoms with van der Waals surface area (Å²) in [7, 11) is -5.96. The number of rotatable bonds is 8. The van der Waals surface area contributed by atoms with Crippen molar-refractivity contribution in [3.63, 3.8) is 0 Å². The molecule has 1 aliphatic heterocycles. The van der Waals surface area contributed by atoms with E-state index in [4.69, 9.17) is 4.74 Å². The first-order chi connectivity index (χ1) is 14.3. The number of nitrogens with one attached hydrogen (secondary N) is 1. The summed E-state index contributed by atoms with van der Waals surface area (Å²) in [5.74, 6) is 0.270. The van der Waals surface area contributed by atoms with Crippen LogP contribution in [-0.4, -0.2) is 47.4 Å². The predicted octanol–water partition coefficient (Wildman–Crippen LogP) is 2.92. The van der Waals surface area contributed by atoms with Crippen LogP contribution in [0.5, 0.6) is 5.75 Å². The largest absolute Gasteiger partial charge is 0.495 e. The maximum atomic E-state index is 13.1. The van der Waals surface area contributed by atoms with Crippen molar-refractivity contribution in [2.75, 3.05) is 20.2 Å². The third-order valence-corrected chi connectivity index (χ3v) is 8.80. The van der Waals surface area contributed by atoms with E-state index in [1.807, 2.05) is 6.92 Å². The number of benzene rings is 2. The Morgan fingerprint density at radius 1 is 1.03 bits per heavy atom. The number of piperidine rings is 1. The normalized spacial score (nSPS) is 18.3. The van der Waals surface area contributed by atoms with Crippen LogP contribution in [0.1, 0.15) is 31.2 Å². The summed E-state index contributed by atoms with van der Waals surface area (Å²) in [5.41, 5.74) is 0.995. The van der Waals surface area contributed by atoms with Gasteiger partial charge in [-0.05, 0) is 50.5 Å². The number of ether oxygens (including phenoxy) is 1. The van der Waals surface area contributed by atoms with E-state index in [2.05, 4.69) is 4.72 Å². The quantitative estimate of drug-likeness (QED) is 0.665. The zero-order chi connectivity index (χ0) is 21.8. The van der Waals surface area contributed by atoms with Gasteiger partial charge in [0.05, 0.1) is 12.0 Å². The Morgan fingerprint density at radius 3 is 2.43 bits per heavy atom. The lowest BCUT2D eigenvalue weighted by molar-refractivity contribution is 0.242. The Morgan fingerprint density at radius 2 is 1.73 bits per heavy atom. The van der Waals surface area contributed by atoms with Crippen LogP contribution in [-0.2, 0) is 20.0 Å². The standard InChI is InChI=1S/C21H28N2O5S2/c1-17-10-12-19(13-11-17)30(26,27)23-16-6-5-7-18(23)14-15-22-29(24,25)21-9-4-3-8-20(21)28-2/h3-4,8-13,18,22H,5-7,14-16H2,1-2H3. The summed E-state index contributed by atoms with van der Waals surface area (Å²) in [5, 5.41) is 0. The highest BCUT2D eigenvalue weighted by atomic mass is 32.2. The first kappa shape index (κ1) is 22.7. The molecule has 1 unspecified atom stereocenters. The van der Waals surface area contributed by atoms with Gasteiger partial charge in [0.15, 0.2) is 0 Å². The van der Waals surface area contributed by atoms with E-state index in [1.165, 1.54) is 17.5 Å². The van der Waals surface area contributed by atoms with Crippen LogP contribution in [0.25, 0.3) is 0 Å². The fraction of sp³-hybridized carbons (Fsp3) is 0.429. The van der Waals surface area contributed by atoms with Gasteiger partial charge in [0.2, 0.25) is 20.0 Å². The molecule has 3 rings (SSSR count). The fourth-order valence-electron chi connectivity index (χ4n) is 3.70. The van der Waals surface area contributed by atoms with Gasteiger partial charge in [-0.25, -0.2) is 21.6 Å². The van der Waals surface area contributed by atoms with E-state index in [1.54, 1.807) is 42.5 Å². The van der Waals surface area contributed by atoms with Crippen molar-refractivity contribution >= 4 is 20.0 Å². The summed E-state index contributed by atoms with van der Waals surface area (Å²) >= 11 is 0. The third-order valence-electron chi connectivity index (χ3n) is 5.33. The average molecular weight is 453 g/mol. The molecule has 2 aromatic rings. The molecular formula is C21H28N2O5S2. The molecule has 1 aliphatic rings. The molecule has 30 heavy (non-hydrogen) atoms. The Labute approximate surface area is 179 Å². The molecular weight excluding hydrogens is 424 g/mol. The third kappa shape index (κ3) is 5.03. The van der Waals surface area contributed by atoms with Crippen LogP contribution in [0.2, 0.25) is 0 Å². The Kier molecular flexibility index (Phi) is 7.18. The molecule has 1 N–H and O–H groups in total. The zero-order valence-electron chi connectivity index (χ0n) is 17.2. The minimum Gasteiger partial charge on any atom is -0.495 e.